The molecule has 0 saturated carbocycles. The van der Waals surface area contributed by atoms with E-state index in [1.54, 1.807) is 23.1 Å². The predicted octanol–water partition coefficient (Wildman–Crippen LogP) is 0.930. The van der Waals surface area contributed by atoms with Crippen LogP contribution in [0.1, 0.15) is 0 Å². The largest absolute Gasteiger partial charge is 0.336 e. The molecule has 1 aromatic rings. The Morgan fingerprint density at radius 3 is 3.05 bits per heavy atom. The van der Waals surface area contributed by atoms with Gasteiger partial charge in [-0.05, 0) is 18.2 Å². The van der Waals surface area contributed by atoms with Gasteiger partial charge in [0, 0.05) is 31.0 Å². The molecular formula is C14H18N4O2. The Labute approximate surface area is 117 Å². The normalized spacial score (nSPS) is 14.0. The van der Waals surface area contributed by atoms with Gasteiger partial charge in [-0.2, -0.15) is 0 Å². The van der Waals surface area contributed by atoms with E-state index in [1.807, 2.05) is 12.1 Å². The van der Waals surface area contributed by atoms with E-state index in [-0.39, 0.29) is 18.5 Å². The van der Waals surface area contributed by atoms with Crippen LogP contribution >= 0.6 is 0 Å². The number of nitrogens with zero attached hydrogens (tertiary/aromatic N) is 1. The highest BCUT2D eigenvalue weighted by Gasteiger charge is 2.21. The van der Waals surface area contributed by atoms with Crippen molar-refractivity contribution < 1.29 is 9.59 Å². The van der Waals surface area contributed by atoms with Gasteiger partial charge in [-0.25, -0.2) is 4.79 Å². The maximum Gasteiger partial charge on any atom is 0.321 e. The predicted molar refractivity (Wildman–Crippen MR) is 78.9 cm³/mol. The van der Waals surface area contributed by atoms with Crippen LogP contribution in [0.15, 0.2) is 36.9 Å². The lowest BCUT2D eigenvalue weighted by molar-refractivity contribution is -0.115. The molecule has 0 bridgehead atoms. The molecule has 1 aromatic carbocycles. The first-order valence-electron chi connectivity index (χ1n) is 6.47. The Hall–Kier alpha value is -2.34. The van der Waals surface area contributed by atoms with Gasteiger partial charge in [0.1, 0.15) is 0 Å². The van der Waals surface area contributed by atoms with Crippen LogP contribution in [-0.4, -0.2) is 38.1 Å². The molecule has 0 aromatic heterocycles. The van der Waals surface area contributed by atoms with Crippen LogP contribution < -0.4 is 20.9 Å². The molecule has 3 N–H and O–H groups in total. The molecule has 1 fully saturated rings. The van der Waals surface area contributed by atoms with E-state index in [0.717, 1.165) is 5.69 Å². The zero-order valence-corrected chi connectivity index (χ0v) is 11.2. The Morgan fingerprint density at radius 1 is 1.50 bits per heavy atom. The second-order valence-electron chi connectivity index (χ2n) is 4.40. The molecule has 106 valence electrons. The van der Waals surface area contributed by atoms with Crippen LogP contribution in [0.3, 0.4) is 0 Å². The van der Waals surface area contributed by atoms with Gasteiger partial charge >= 0.3 is 6.03 Å². The lowest BCUT2D eigenvalue weighted by atomic mass is 10.2. The minimum absolute atomic E-state index is 0.110. The highest BCUT2D eigenvalue weighted by molar-refractivity contribution is 5.96. The lowest BCUT2D eigenvalue weighted by Crippen LogP contribution is -2.29. The van der Waals surface area contributed by atoms with Gasteiger partial charge in [0.05, 0.1) is 6.54 Å². The van der Waals surface area contributed by atoms with E-state index in [2.05, 4.69) is 22.5 Å². The fourth-order valence-electron chi connectivity index (χ4n) is 1.96. The van der Waals surface area contributed by atoms with Crippen LogP contribution in [-0.2, 0) is 4.79 Å². The summed E-state index contributed by atoms with van der Waals surface area (Å²) in [6, 6.07) is 7.13. The topological polar surface area (TPSA) is 73.5 Å². The molecule has 20 heavy (non-hydrogen) atoms. The average Bonchev–Trinajstić information content (AvgIpc) is 2.85. The average molecular weight is 274 g/mol. The fraction of sp³-hybridized carbons (Fsp3) is 0.286. The number of hydrogen-bond donors (Lipinski definition) is 3. The molecule has 0 radical (unpaired) electrons. The number of carbonyl (C=O) groups excluding carboxylic acids is 2. The maximum absolute atomic E-state index is 11.7. The zero-order chi connectivity index (χ0) is 14.4. The molecule has 1 aliphatic heterocycles. The van der Waals surface area contributed by atoms with Crippen molar-refractivity contribution in [1.82, 2.24) is 10.6 Å². The van der Waals surface area contributed by atoms with E-state index in [9.17, 15) is 9.59 Å². The van der Waals surface area contributed by atoms with Crippen LogP contribution in [0.2, 0.25) is 0 Å². The summed E-state index contributed by atoms with van der Waals surface area (Å²) in [5.41, 5.74) is 1.45. The number of hydrogen-bond acceptors (Lipinski definition) is 3. The van der Waals surface area contributed by atoms with Gasteiger partial charge < -0.3 is 16.0 Å². The standard InChI is InChI=1S/C14H18N4O2/c1-2-6-15-10-13(19)17-11-4-3-5-12(9-11)18-8-7-16-14(18)20/h2-5,9,15H,1,6-8,10H2,(H,16,20)(H,17,19). The first kappa shape index (κ1) is 14.1. The second-order valence-corrected chi connectivity index (χ2v) is 4.40. The molecule has 1 saturated heterocycles. The summed E-state index contributed by atoms with van der Waals surface area (Å²) in [7, 11) is 0. The third-order valence-corrected chi connectivity index (χ3v) is 2.87. The summed E-state index contributed by atoms with van der Waals surface area (Å²) in [6.45, 7) is 5.65. The van der Waals surface area contributed by atoms with Gasteiger partial charge in [-0.3, -0.25) is 9.69 Å². The van der Waals surface area contributed by atoms with Crippen molar-refractivity contribution >= 4 is 23.3 Å². The molecule has 1 heterocycles. The number of amides is 3. The van der Waals surface area contributed by atoms with Crippen molar-refractivity contribution in [2.45, 2.75) is 0 Å². The van der Waals surface area contributed by atoms with E-state index in [4.69, 9.17) is 0 Å². The van der Waals surface area contributed by atoms with Crippen LogP contribution in [0.25, 0.3) is 0 Å². The summed E-state index contributed by atoms with van der Waals surface area (Å²) in [4.78, 5) is 24.9. The van der Waals surface area contributed by atoms with Crippen molar-refractivity contribution in [1.29, 1.82) is 0 Å². The molecule has 2 rings (SSSR count). The summed E-state index contributed by atoms with van der Waals surface area (Å²) in [5.74, 6) is -0.130. The lowest BCUT2D eigenvalue weighted by Gasteiger charge is -2.15. The number of rotatable bonds is 6. The molecule has 0 unspecified atom stereocenters. The summed E-state index contributed by atoms with van der Waals surface area (Å²) >= 11 is 0. The van der Waals surface area contributed by atoms with Gasteiger partial charge in [-0.1, -0.05) is 12.1 Å². The van der Waals surface area contributed by atoms with Gasteiger partial charge in [-0.15, -0.1) is 6.58 Å². The quantitative estimate of drug-likeness (QED) is 0.534. The number of anilines is 2. The number of benzene rings is 1. The van der Waals surface area contributed by atoms with Crippen molar-refractivity contribution in [3.05, 3.63) is 36.9 Å². The SMILES string of the molecule is C=CCNCC(=O)Nc1cccc(N2CCNC2=O)c1. The van der Waals surface area contributed by atoms with Crippen molar-refractivity contribution in [2.75, 3.05) is 36.4 Å². The van der Waals surface area contributed by atoms with E-state index < -0.39 is 0 Å². The second kappa shape index (κ2) is 6.72. The minimum Gasteiger partial charge on any atom is -0.336 e. The smallest absolute Gasteiger partial charge is 0.321 e. The third kappa shape index (κ3) is 3.58. The van der Waals surface area contributed by atoms with Crippen molar-refractivity contribution in [2.24, 2.45) is 0 Å². The number of nitrogens with one attached hydrogen (secondary N) is 3. The van der Waals surface area contributed by atoms with E-state index in [0.29, 0.717) is 25.3 Å². The summed E-state index contributed by atoms with van der Waals surface area (Å²) < 4.78 is 0. The minimum atomic E-state index is -0.130. The zero-order valence-electron chi connectivity index (χ0n) is 11.2. The summed E-state index contributed by atoms with van der Waals surface area (Å²) in [5, 5.41) is 8.46. The monoisotopic (exact) mass is 274 g/mol. The Bertz CT molecular complexity index is 516. The summed E-state index contributed by atoms with van der Waals surface area (Å²) in [6.07, 6.45) is 1.69. The molecule has 6 heteroatoms. The molecular weight excluding hydrogens is 256 g/mol. The van der Waals surface area contributed by atoms with Crippen LogP contribution in [0, 0.1) is 0 Å². The van der Waals surface area contributed by atoms with Crippen molar-refractivity contribution in [3.63, 3.8) is 0 Å². The van der Waals surface area contributed by atoms with Gasteiger partial charge in [0.25, 0.3) is 0 Å². The Balaban J connectivity index is 1.97. The molecule has 0 aliphatic carbocycles. The maximum atomic E-state index is 11.7. The van der Waals surface area contributed by atoms with Gasteiger partial charge in [0.2, 0.25) is 5.91 Å². The highest BCUT2D eigenvalue weighted by Crippen LogP contribution is 2.20. The molecule has 3 amide bonds. The number of carbonyl (C=O) groups is 2. The van der Waals surface area contributed by atoms with Crippen LogP contribution in [0.4, 0.5) is 16.2 Å². The number of urea groups is 1. The fourth-order valence-corrected chi connectivity index (χ4v) is 1.96. The van der Waals surface area contributed by atoms with Gasteiger partial charge in [0.15, 0.2) is 0 Å². The molecule has 0 spiro atoms. The Kier molecular flexibility index (Phi) is 4.73. The first-order chi connectivity index (χ1) is 9.70. The molecule has 6 nitrogen and oxygen atoms in total. The highest BCUT2D eigenvalue weighted by atomic mass is 16.2. The van der Waals surface area contributed by atoms with Crippen LogP contribution in [0.5, 0.6) is 0 Å². The molecule has 1 aliphatic rings. The first-order valence-corrected chi connectivity index (χ1v) is 6.47. The van der Waals surface area contributed by atoms with E-state index in [1.165, 1.54) is 0 Å². The molecule has 0 atom stereocenters. The van der Waals surface area contributed by atoms with E-state index >= 15 is 0 Å². The van der Waals surface area contributed by atoms with Crippen molar-refractivity contribution in [3.8, 4) is 0 Å². The third-order valence-electron chi connectivity index (χ3n) is 2.87. The Morgan fingerprint density at radius 2 is 2.35 bits per heavy atom.